The summed E-state index contributed by atoms with van der Waals surface area (Å²) in [5.41, 5.74) is 1.77. The number of fused-ring (bicyclic) bond motifs is 1. The summed E-state index contributed by atoms with van der Waals surface area (Å²) in [6.07, 6.45) is 0. The third-order valence-corrected chi connectivity index (χ3v) is 3.03. The summed E-state index contributed by atoms with van der Waals surface area (Å²) in [7, 11) is 0. The van der Waals surface area contributed by atoms with E-state index in [1.165, 1.54) is 0 Å². The molecule has 0 aliphatic rings. The van der Waals surface area contributed by atoms with Gasteiger partial charge in [0, 0.05) is 0 Å². The van der Waals surface area contributed by atoms with Gasteiger partial charge in [-0.25, -0.2) is 4.57 Å². The number of rotatable bonds is 1. The Morgan fingerprint density at radius 1 is 0.895 bits per heavy atom. The molecule has 3 rings (SSSR count). The smallest absolute Gasteiger partial charge is 0.246 e. The molecule has 0 amide bonds. The summed E-state index contributed by atoms with van der Waals surface area (Å²) < 4.78 is 1.35. The van der Waals surface area contributed by atoms with E-state index in [4.69, 9.17) is 12.2 Å². The molecule has 0 saturated carbocycles. The number of hydrogen-bond acceptors (Lipinski definition) is 5. The minimum Gasteiger partial charge on any atom is -0.500 e. The molecule has 1 aromatic carbocycles. The highest BCUT2D eigenvalue weighted by Crippen LogP contribution is 2.46. The maximum Gasteiger partial charge on any atom is 0.246 e. The minimum absolute atomic E-state index is 0.350. The lowest BCUT2D eigenvalue weighted by Gasteiger charge is -2.05. The fraction of sp³-hybridized carbons (Fsp3) is 0. The molecular weight excluding hydrogens is 270 g/mol. The standard InChI is InChI=1S/C11H9N3O4S/c15-7-8(16)10(18)14(9(7)17)4-1-2-5-6(3-4)13-11(19)12-5/h1-3,15-18H,(H2,12,13,19). The molecule has 0 aliphatic carbocycles. The number of hydrogen-bond donors (Lipinski definition) is 6. The second kappa shape index (κ2) is 3.69. The zero-order valence-electron chi connectivity index (χ0n) is 9.38. The molecule has 19 heavy (non-hydrogen) atoms. The third kappa shape index (κ3) is 1.54. The van der Waals surface area contributed by atoms with E-state index < -0.39 is 23.3 Å². The highest BCUT2D eigenvalue weighted by Gasteiger charge is 2.22. The fourth-order valence-corrected chi connectivity index (χ4v) is 2.15. The molecule has 7 nitrogen and oxygen atoms in total. The van der Waals surface area contributed by atoms with E-state index in [1.54, 1.807) is 18.2 Å². The molecule has 0 aliphatic heterocycles. The van der Waals surface area contributed by atoms with Gasteiger partial charge in [-0.1, -0.05) is 0 Å². The number of benzene rings is 1. The number of aromatic hydroxyl groups is 4. The summed E-state index contributed by atoms with van der Waals surface area (Å²) in [4.78, 5) is 5.80. The summed E-state index contributed by atoms with van der Waals surface area (Å²) >= 11 is 4.95. The fourth-order valence-electron chi connectivity index (χ4n) is 1.93. The van der Waals surface area contributed by atoms with Crippen LogP contribution in [0.1, 0.15) is 0 Å². The zero-order valence-corrected chi connectivity index (χ0v) is 10.2. The lowest BCUT2D eigenvalue weighted by atomic mass is 10.3. The molecular formula is C11H9N3O4S. The van der Waals surface area contributed by atoms with Gasteiger partial charge in [0.05, 0.1) is 16.7 Å². The molecule has 6 N–H and O–H groups in total. The van der Waals surface area contributed by atoms with Crippen LogP contribution in [0.3, 0.4) is 0 Å². The molecule has 3 aromatic rings. The zero-order chi connectivity index (χ0) is 13.7. The Morgan fingerprint density at radius 2 is 1.47 bits per heavy atom. The van der Waals surface area contributed by atoms with E-state index in [0.29, 0.717) is 16.0 Å². The van der Waals surface area contributed by atoms with Gasteiger partial charge in [0.2, 0.25) is 23.3 Å². The Hall–Kier alpha value is -2.61. The normalized spacial score (nSPS) is 11.2. The second-order valence-electron chi connectivity index (χ2n) is 3.99. The number of imidazole rings is 1. The molecule has 0 atom stereocenters. The van der Waals surface area contributed by atoms with Crippen LogP contribution in [-0.4, -0.2) is 35.0 Å². The maximum absolute atomic E-state index is 9.68. The van der Waals surface area contributed by atoms with Crippen molar-refractivity contribution in [2.75, 3.05) is 0 Å². The molecule has 0 unspecified atom stereocenters. The molecule has 0 spiro atoms. The van der Waals surface area contributed by atoms with E-state index in [-0.39, 0.29) is 0 Å². The van der Waals surface area contributed by atoms with Crippen LogP contribution in [0.15, 0.2) is 18.2 Å². The SMILES string of the molecule is Oc1c(O)c(O)n(-c2ccc3[nH]c(=S)[nH]c3c2)c1O. The lowest BCUT2D eigenvalue weighted by molar-refractivity contribution is 0.363. The molecule has 0 bridgehead atoms. The molecule has 2 heterocycles. The van der Waals surface area contributed by atoms with Gasteiger partial charge in [0.25, 0.3) is 0 Å². The summed E-state index contributed by atoms with van der Waals surface area (Å²) in [6, 6.07) is 4.86. The Labute approximate surface area is 111 Å². The van der Waals surface area contributed by atoms with Gasteiger partial charge in [-0.05, 0) is 30.4 Å². The highest BCUT2D eigenvalue weighted by atomic mass is 32.1. The second-order valence-corrected chi connectivity index (χ2v) is 4.40. The predicted octanol–water partition coefficient (Wildman–Crippen LogP) is 1.84. The summed E-state index contributed by atoms with van der Waals surface area (Å²) in [6.45, 7) is 0. The van der Waals surface area contributed by atoms with Gasteiger partial charge in [0.1, 0.15) is 0 Å². The first-order chi connectivity index (χ1) is 8.99. The number of H-pyrrole nitrogens is 2. The first-order valence-corrected chi connectivity index (χ1v) is 5.67. The molecule has 2 aromatic heterocycles. The van der Waals surface area contributed by atoms with Crippen molar-refractivity contribution in [1.82, 2.24) is 14.5 Å². The van der Waals surface area contributed by atoms with Crippen LogP contribution in [0.2, 0.25) is 0 Å². The lowest BCUT2D eigenvalue weighted by Crippen LogP contribution is -1.92. The summed E-state index contributed by atoms with van der Waals surface area (Å²) in [5.74, 6) is -2.86. The van der Waals surface area contributed by atoms with Gasteiger partial charge >= 0.3 is 0 Å². The number of nitrogens with one attached hydrogen (secondary N) is 2. The van der Waals surface area contributed by atoms with Crippen molar-refractivity contribution in [3.8, 4) is 28.9 Å². The van der Waals surface area contributed by atoms with Crippen LogP contribution in [0.25, 0.3) is 16.7 Å². The van der Waals surface area contributed by atoms with Crippen molar-refractivity contribution in [1.29, 1.82) is 0 Å². The van der Waals surface area contributed by atoms with Crippen LogP contribution in [0.4, 0.5) is 0 Å². The molecule has 0 fully saturated rings. The first-order valence-electron chi connectivity index (χ1n) is 5.26. The third-order valence-electron chi connectivity index (χ3n) is 2.83. The molecule has 8 heteroatoms. The Morgan fingerprint density at radius 3 is 2.11 bits per heavy atom. The molecule has 0 saturated heterocycles. The van der Waals surface area contributed by atoms with E-state index in [1.807, 2.05) is 0 Å². The average molecular weight is 279 g/mol. The maximum atomic E-state index is 9.68. The Bertz CT molecular complexity index is 820. The van der Waals surface area contributed by atoms with Crippen LogP contribution in [0.5, 0.6) is 23.3 Å². The monoisotopic (exact) mass is 279 g/mol. The Kier molecular flexibility index (Phi) is 2.23. The summed E-state index contributed by atoms with van der Waals surface area (Å²) in [5, 5.41) is 38.1. The van der Waals surface area contributed by atoms with Crippen molar-refractivity contribution >= 4 is 23.3 Å². The molecule has 0 radical (unpaired) electrons. The topological polar surface area (TPSA) is 117 Å². The number of aromatic amines is 2. The number of aromatic nitrogens is 3. The van der Waals surface area contributed by atoms with Gasteiger partial charge < -0.3 is 30.4 Å². The van der Waals surface area contributed by atoms with Gasteiger partial charge in [0.15, 0.2) is 4.77 Å². The quantitative estimate of drug-likeness (QED) is 0.380. The van der Waals surface area contributed by atoms with Crippen LogP contribution in [-0.2, 0) is 0 Å². The van der Waals surface area contributed by atoms with Crippen molar-refractivity contribution in [3.05, 3.63) is 23.0 Å². The van der Waals surface area contributed by atoms with Crippen molar-refractivity contribution in [3.63, 3.8) is 0 Å². The van der Waals surface area contributed by atoms with Crippen molar-refractivity contribution in [2.45, 2.75) is 0 Å². The first kappa shape index (κ1) is 11.5. The van der Waals surface area contributed by atoms with Crippen molar-refractivity contribution in [2.24, 2.45) is 0 Å². The highest BCUT2D eigenvalue weighted by molar-refractivity contribution is 7.71. The van der Waals surface area contributed by atoms with Gasteiger partial charge in [-0.3, -0.25) is 0 Å². The Balaban J connectivity index is 2.30. The van der Waals surface area contributed by atoms with E-state index in [9.17, 15) is 20.4 Å². The minimum atomic E-state index is -0.778. The van der Waals surface area contributed by atoms with Crippen molar-refractivity contribution < 1.29 is 20.4 Å². The predicted molar refractivity (Wildman–Crippen MR) is 69.5 cm³/mol. The average Bonchev–Trinajstić information content (AvgIpc) is 2.83. The van der Waals surface area contributed by atoms with E-state index in [2.05, 4.69) is 9.97 Å². The number of nitrogens with zero attached hydrogens (tertiary/aromatic N) is 1. The van der Waals surface area contributed by atoms with E-state index in [0.717, 1.165) is 10.1 Å². The van der Waals surface area contributed by atoms with E-state index >= 15 is 0 Å². The van der Waals surface area contributed by atoms with Crippen LogP contribution < -0.4 is 0 Å². The largest absolute Gasteiger partial charge is 0.500 e. The van der Waals surface area contributed by atoms with Gasteiger partial charge in [-0.2, -0.15) is 0 Å². The molecule has 98 valence electrons. The van der Waals surface area contributed by atoms with Crippen LogP contribution >= 0.6 is 12.2 Å². The van der Waals surface area contributed by atoms with Crippen LogP contribution in [0, 0.1) is 4.77 Å². The van der Waals surface area contributed by atoms with Gasteiger partial charge in [-0.15, -0.1) is 0 Å².